The van der Waals surface area contributed by atoms with Crippen molar-refractivity contribution in [2.75, 3.05) is 16.9 Å². The molecule has 6 heteroatoms. The van der Waals surface area contributed by atoms with Crippen LogP contribution in [-0.2, 0) is 14.6 Å². The molecule has 1 atom stereocenters. The maximum Gasteiger partial charge on any atom is 0.230 e. The van der Waals surface area contributed by atoms with E-state index in [-0.39, 0.29) is 23.6 Å². The third-order valence-corrected chi connectivity index (χ3v) is 7.70. The van der Waals surface area contributed by atoms with Crippen LogP contribution < -0.4 is 4.90 Å². The Hall–Kier alpha value is -1.66. The fourth-order valence-corrected chi connectivity index (χ4v) is 6.12. The summed E-state index contributed by atoms with van der Waals surface area (Å²) in [4.78, 5) is 16.2. The lowest BCUT2D eigenvalue weighted by molar-refractivity contribution is -0.123. The van der Waals surface area contributed by atoms with Crippen LogP contribution in [0.15, 0.2) is 42.5 Å². The number of hydrogen-bond acceptors (Lipinski definition) is 4. The van der Waals surface area contributed by atoms with E-state index in [0.29, 0.717) is 5.92 Å². The van der Waals surface area contributed by atoms with Gasteiger partial charge in [-0.3, -0.25) is 9.69 Å². The number of sulfone groups is 1. The van der Waals surface area contributed by atoms with E-state index in [4.69, 9.17) is 0 Å². The van der Waals surface area contributed by atoms with E-state index in [0.717, 1.165) is 41.1 Å². The monoisotopic (exact) mass is 419 g/mol. The van der Waals surface area contributed by atoms with Crippen molar-refractivity contribution in [1.82, 2.24) is 0 Å². The maximum absolute atomic E-state index is 13.4. The molecule has 1 aliphatic rings. The lowest BCUT2D eigenvalue weighted by Crippen LogP contribution is -2.45. The first-order valence-electron chi connectivity index (χ1n) is 9.90. The van der Waals surface area contributed by atoms with Crippen molar-refractivity contribution in [3.63, 3.8) is 0 Å². The number of hydrogen-bond donors (Lipinski definition) is 0. The molecular weight excluding hydrogens is 390 g/mol. The van der Waals surface area contributed by atoms with Gasteiger partial charge in [0, 0.05) is 23.1 Å². The smallest absolute Gasteiger partial charge is 0.230 e. The van der Waals surface area contributed by atoms with Gasteiger partial charge in [-0.1, -0.05) is 37.3 Å². The molecule has 1 unspecified atom stereocenters. The quantitative estimate of drug-likeness (QED) is 0.661. The molecule has 0 aliphatic heterocycles. The second kappa shape index (κ2) is 8.78. The topological polar surface area (TPSA) is 54.5 Å². The number of carbonyl (C=O) groups excluding carboxylic acids is 1. The third-order valence-electron chi connectivity index (χ3n) is 5.47. The van der Waals surface area contributed by atoms with Crippen molar-refractivity contribution in [2.45, 2.75) is 45.6 Å². The predicted octanol–water partition coefficient (Wildman–Crippen LogP) is 5.01. The van der Waals surface area contributed by atoms with E-state index < -0.39 is 9.84 Å². The second-order valence-corrected chi connectivity index (χ2v) is 11.4. The second-order valence-electron chi connectivity index (χ2n) is 8.11. The summed E-state index contributed by atoms with van der Waals surface area (Å²) in [5, 5.41) is 0.832. The number of anilines is 1. The summed E-state index contributed by atoms with van der Waals surface area (Å²) in [5.41, 5.74) is 1.11. The Bertz CT molecular complexity index is 897. The van der Waals surface area contributed by atoms with Gasteiger partial charge in [-0.15, -0.1) is 11.3 Å². The van der Waals surface area contributed by atoms with Crippen LogP contribution in [0.5, 0.6) is 0 Å². The van der Waals surface area contributed by atoms with E-state index in [9.17, 15) is 13.2 Å². The number of nitrogens with zero attached hydrogens (tertiary/aromatic N) is 1. The van der Waals surface area contributed by atoms with Crippen LogP contribution in [0.4, 0.5) is 5.00 Å². The molecule has 1 aliphatic carbocycles. The molecule has 1 aromatic heterocycles. The molecule has 0 radical (unpaired) electrons. The SMILES string of the molecule is CC1CCC(C(=O)N(c2ccc(-c3ccccc3)s2)C(C)CS(C)(=O)=O)CC1. The van der Waals surface area contributed by atoms with Gasteiger partial charge >= 0.3 is 0 Å². The number of amides is 1. The number of rotatable bonds is 6. The normalized spacial score (nSPS) is 21.2. The molecule has 4 nitrogen and oxygen atoms in total. The van der Waals surface area contributed by atoms with Crippen LogP contribution >= 0.6 is 11.3 Å². The largest absolute Gasteiger partial charge is 0.300 e. The Labute approximate surface area is 172 Å². The standard InChI is InChI=1S/C22H29NO3S2/c1-16-9-11-19(12-10-16)22(24)23(17(2)15-28(3,25)26)21-14-13-20(27-21)18-7-5-4-6-8-18/h4-8,13-14,16-17,19H,9-12,15H2,1-3H3. The lowest BCUT2D eigenvalue weighted by atomic mass is 9.82. The lowest BCUT2D eigenvalue weighted by Gasteiger charge is -2.33. The van der Waals surface area contributed by atoms with Gasteiger partial charge in [-0.05, 0) is 56.2 Å². The fraction of sp³-hybridized carbons (Fsp3) is 0.500. The Morgan fingerprint density at radius 3 is 2.36 bits per heavy atom. The van der Waals surface area contributed by atoms with Crippen LogP contribution in [-0.4, -0.2) is 32.4 Å². The van der Waals surface area contributed by atoms with Crippen molar-refractivity contribution in [1.29, 1.82) is 0 Å². The van der Waals surface area contributed by atoms with E-state index >= 15 is 0 Å². The first kappa shape index (κ1) is 21.1. The number of thiophene rings is 1. The van der Waals surface area contributed by atoms with Gasteiger partial charge in [-0.2, -0.15) is 0 Å². The summed E-state index contributed by atoms with van der Waals surface area (Å²) >= 11 is 1.55. The van der Waals surface area contributed by atoms with E-state index in [1.807, 2.05) is 49.4 Å². The first-order valence-corrected chi connectivity index (χ1v) is 12.8. The zero-order chi connectivity index (χ0) is 20.3. The summed E-state index contributed by atoms with van der Waals surface area (Å²) in [6.07, 6.45) is 5.13. The maximum atomic E-state index is 13.4. The van der Waals surface area contributed by atoms with Crippen LogP contribution in [0.2, 0.25) is 0 Å². The highest BCUT2D eigenvalue weighted by Gasteiger charge is 2.33. The van der Waals surface area contributed by atoms with Gasteiger partial charge in [0.1, 0.15) is 9.84 Å². The average molecular weight is 420 g/mol. The van der Waals surface area contributed by atoms with E-state index in [1.54, 1.807) is 16.2 Å². The minimum absolute atomic E-state index is 0.0134. The Morgan fingerprint density at radius 1 is 1.11 bits per heavy atom. The zero-order valence-corrected chi connectivity index (χ0v) is 18.4. The number of carbonyl (C=O) groups is 1. The molecule has 152 valence electrons. The molecule has 28 heavy (non-hydrogen) atoms. The Morgan fingerprint density at radius 2 is 1.75 bits per heavy atom. The first-order chi connectivity index (χ1) is 13.2. The summed E-state index contributed by atoms with van der Waals surface area (Å²) in [6, 6.07) is 13.6. The van der Waals surface area contributed by atoms with Crippen LogP contribution in [0.1, 0.15) is 39.5 Å². The van der Waals surface area contributed by atoms with Crippen molar-refractivity contribution in [2.24, 2.45) is 11.8 Å². The van der Waals surface area contributed by atoms with Crippen LogP contribution in [0.25, 0.3) is 10.4 Å². The van der Waals surface area contributed by atoms with Gasteiger partial charge in [0.15, 0.2) is 0 Å². The molecule has 2 aromatic rings. The fourth-order valence-electron chi connectivity index (χ4n) is 3.97. The highest BCUT2D eigenvalue weighted by atomic mass is 32.2. The number of benzene rings is 1. The zero-order valence-electron chi connectivity index (χ0n) is 16.8. The van der Waals surface area contributed by atoms with E-state index in [1.165, 1.54) is 6.26 Å². The third kappa shape index (κ3) is 5.23. The van der Waals surface area contributed by atoms with Crippen molar-refractivity contribution >= 4 is 32.1 Å². The minimum Gasteiger partial charge on any atom is -0.300 e. The Balaban J connectivity index is 1.90. The van der Waals surface area contributed by atoms with Gasteiger partial charge in [0.25, 0.3) is 0 Å². The van der Waals surface area contributed by atoms with Crippen LogP contribution in [0, 0.1) is 11.8 Å². The molecule has 3 rings (SSSR count). The van der Waals surface area contributed by atoms with Gasteiger partial charge in [-0.25, -0.2) is 8.42 Å². The van der Waals surface area contributed by atoms with E-state index in [2.05, 4.69) is 6.92 Å². The van der Waals surface area contributed by atoms with Crippen LogP contribution in [0.3, 0.4) is 0 Å². The van der Waals surface area contributed by atoms with Gasteiger partial charge < -0.3 is 0 Å². The summed E-state index contributed by atoms with van der Waals surface area (Å²) in [6.45, 7) is 4.07. The van der Waals surface area contributed by atoms with Crippen molar-refractivity contribution in [3.8, 4) is 10.4 Å². The molecule has 1 amide bonds. The molecular formula is C22H29NO3S2. The molecule has 0 bridgehead atoms. The highest BCUT2D eigenvalue weighted by Crippen LogP contribution is 2.37. The molecule has 0 saturated heterocycles. The molecule has 1 aromatic carbocycles. The van der Waals surface area contributed by atoms with Gasteiger partial charge in [0.2, 0.25) is 5.91 Å². The molecule has 1 fully saturated rings. The summed E-state index contributed by atoms with van der Waals surface area (Å²) in [5.74, 6) is 0.697. The average Bonchev–Trinajstić information content (AvgIpc) is 3.11. The molecule has 0 N–H and O–H groups in total. The molecule has 1 heterocycles. The van der Waals surface area contributed by atoms with Crippen molar-refractivity contribution < 1.29 is 13.2 Å². The Kier molecular flexibility index (Phi) is 6.61. The summed E-state index contributed by atoms with van der Waals surface area (Å²) < 4.78 is 23.8. The summed E-state index contributed by atoms with van der Waals surface area (Å²) in [7, 11) is -3.18. The highest BCUT2D eigenvalue weighted by molar-refractivity contribution is 7.90. The predicted molar refractivity (Wildman–Crippen MR) is 118 cm³/mol. The molecule has 0 spiro atoms. The van der Waals surface area contributed by atoms with Crippen molar-refractivity contribution in [3.05, 3.63) is 42.5 Å². The minimum atomic E-state index is -3.18. The molecule has 1 saturated carbocycles. The van der Waals surface area contributed by atoms with Gasteiger partial charge in [0.05, 0.1) is 10.8 Å².